The van der Waals surface area contributed by atoms with Gasteiger partial charge in [0.1, 0.15) is 11.4 Å². The van der Waals surface area contributed by atoms with Crippen molar-refractivity contribution in [1.29, 1.82) is 0 Å². The van der Waals surface area contributed by atoms with E-state index in [4.69, 9.17) is 5.73 Å². The highest BCUT2D eigenvalue weighted by Crippen LogP contribution is 2.34. The van der Waals surface area contributed by atoms with Crippen molar-refractivity contribution >= 4 is 33.6 Å². The Kier molecular flexibility index (Phi) is 3.49. The number of nitrogens with zero attached hydrogens (tertiary/aromatic N) is 2. The average molecular weight is 328 g/mol. The van der Waals surface area contributed by atoms with Crippen molar-refractivity contribution in [1.82, 2.24) is 4.98 Å². The molecule has 1 aromatic rings. The van der Waals surface area contributed by atoms with E-state index in [2.05, 4.69) is 20.9 Å². The molecule has 19 heavy (non-hydrogen) atoms. The van der Waals surface area contributed by atoms with Crippen LogP contribution >= 0.6 is 15.9 Å². The Labute approximate surface area is 118 Å². The maximum Gasteiger partial charge on any atom is 0.339 e. The van der Waals surface area contributed by atoms with E-state index in [9.17, 15) is 14.7 Å². The predicted molar refractivity (Wildman–Crippen MR) is 73.0 cm³/mol. The summed E-state index contributed by atoms with van der Waals surface area (Å²) in [6.45, 7) is 2.74. The summed E-state index contributed by atoms with van der Waals surface area (Å²) in [6.07, 6.45) is 2.14. The molecule has 0 aromatic carbocycles. The molecule has 7 heteroatoms. The number of halogens is 1. The van der Waals surface area contributed by atoms with Gasteiger partial charge in [-0.1, -0.05) is 0 Å². The van der Waals surface area contributed by atoms with E-state index in [0.717, 1.165) is 0 Å². The number of carbonyl (C=O) groups excluding carboxylic acids is 1. The van der Waals surface area contributed by atoms with Gasteiger partial charge in [0, 0.05) is 23.8 Å². The minimum Gasteiger partial charge on any atom is -0.478 e. The number of carboxylic acids is 1. The number of pyridine rings is 1. The highest BCUT2D eigenvalue weighted by Gasteiger charge is 2.40. The quantitative estimate of drug-likeness (QED) is 0.870. The van der Waals surface area contributed by atoms with Gasteiger partial charge in [0.25, 0.3) is 0 Å². The topological polar surface area (TPSA) is 96.5 Å². The van der Waals surface area contributed by atoms with Gasteiger partial charge >= 0.3 is 5.97 Å². The molecular formula is C12H14BrN3O3. The van der Waals surface area contributed by atoms with Crippen LogP contribution in [0.15, 0.2) is 16.7 Å². The molecule has 0 aliphatic carbocycles. The Morgan fingerprint density at radius 3 is 2.79 bits per heavy atom. The molecule has 3 N–H and O–H groups in total. The number of carbonyl (C=O) groups is 2. The third kappa shape index (κ3) is 2.56. The van der Waals surface area contributed by atoms with E-state index in [1.54, 1.807) is 18.0 Å². The van der Waals surface area contributed by atoms with Crippen LogP contribution in [0, 0.1) is 5.41 Å². The van der Waals surface area contributed by atoms with Crippen molar-refractivity contribution in [2.75, 3.05) is 18.0 Å². The number of carboxylic acid groups (broad SMARTS) is 1. The Hall–Kier alpha value is -1.63. The summed E-state index contributed by atoms with van der Waals surface area (Å²) in [5, 5.41) is 9.21. The van der Waals surface area contributed by atoms with Gasteiger partial charge in [-0.2, -0.15) is 0 Å². The Morgan fingerprint density at radius 2 is 2.26 bits per heavy atom. The maximum absolute atomic E-state index is 11.4. The van der Waals surface area contributed by atoms with Crippen molar-refractivity contribution in [2.45, 2.75) is 13.3 Å². The first-order chi connectivity index (χ1) is 8.83. The van der Waals surface area contributed by atoms with Crippen LogP contribution in [0.2, 0.25) is 0 Å². The number of nitrogens with two attached hydrogens (primary N) is 1. The van der Waals surface area contributed by atoms with E-state index in [1.165, 1.54) is 6.07 Å². The number of aromatic carboxylic acids is 1. The van der Waals surface area contributed by atoms with Crippen LogP contribution in [-0.4, -0.2) is 35.1 Å². The fourth-order valence-corrected chi connectivity index (χ4v) is 2.52. The van der Waals surface area contributed by atoms with Crippen molar-refractivity contribution < 1.29 is 14.7 Å². The van der Waals surface area contributed by atoms with Crippen LogP contribution in [0.4, 0.5) is 5.82 Å². The van der Waals surface area contributed by atoms with Crippen molar-refractivity contribution in [2.24, 2.45) is 11.1 Å². The standard InChI is InChI=1S/C12H14BrN3O3/c1-12(11(14)19)2-3-16(6-12)9-8(10(17)18)4-7(13)5-15-9/h4-5H,2-3,6H2,1H3,(H2,14,19)(H,17,18). The van der Waals surface area contributed by atoms with Gasteiger partial charge in [0.05, 0.1) is 5.41 Å². The smallest absolute Gasteiger partial charge is 0.339 e. The summed E-state index contributed by atoms with van der Waals surface area (Å²) < 4.78 is 0.602. The number of hydrogen-bond donors (Lipinski definition) is 2. The molecule has 1 fully saturated rings. The molecule has 1 amide bonds. The molecule has 1 unspecified atom stereocenters. The summed E-state index contributed by atoms with van der Waals surface area (Å²) >= 11 is 3.20. The monoisotopic (exact) mass is 327 g/mol. The first-order valence-electron chi connectivity index (χ1n) is 5.77. The zero-order valence-electron chi connectivity index (χ0n) is 10.4. The number of hydrogen-bond acceptors (Lipinski definition) is 4. The summed E-state index contributed by atoms with van der Waals surface area (Å²) in [7, 11) is 0. The zero-order valence-corrected chi connectivity index (χ0v) is 12.0. The van der Waals surface area contributed by atoms with Crippen molar-refractivity contribution in [3.05, 3.63) is 22.3 Å². The number of aromatic nitrogens is 1. The lowest BCUT2D eigenvalue weighted by atomic mass is 9.89. The fourth-order valence-electron chi connectivity index (χ4n) is 2.18. The molecule has 1 atom stereocenters. The van der Waals surface area contributed by atoms with Crippen molar-refractivity contribution in [3.63, 3.8) is 0 Å². The SMILES string of the molecule is CC1(C(N)=O)CCN(c2ncc(Br)cc2C(=O)O)C1. The Balaban J connectivity index is 2.34. The van der Waals surface area contributed by atoms with Crippen LogP contribution in [0.5, 0.6) is 0 Å². The molecule has 6 nitrogen and oxygen atoms in total. The summed E-state index contributed by atoms with van der Waals surface area (Å²) in [6, 6.07) is 1.50. The molecule has 0 bridgehead atoms. The highest BCUT2D eigenvalue weighted by molar-refractivity contribution is 9.10. The molecule has 0 spiro atoms. The van der Waals surface area contributed by atoms with Crippen LogP contribution in [-0.2, 0) is 4.79 Å². The third-order valence-corrected chi connectivity index (χ3v) is 3.87. The Morgan fingerprint density at radius 1 is 1.58 bits per heavy atom. The molecule has 1 aromatic heterocycles. The molecule has 1 saturated heterocycles. The van der Waals surface area contributed by atoms with Crippen LogP contribution in [0.3, 0.4) is 0 Å². The van der Waals surface area contributed by atoms with Crippen LogP contribution in [0.1, 0.15) is 23.7 Å². The highest BCUT2D eigenvalue weighted by atomic mass is 79.9. The number of anilines is 1. The molecule has 1 aliphatic rings. The van der Waals surface area contributed by atoms with Gasteiger partial charge < -0.3 is 15.7 Å². The number of amides is 1. The van der Waals surface area contributed by atoms with Gasteiger partial charge in [0.2, 0.25) is 5.91 Å². The number of primary amides is 1. The van der Waals surface area contributed by atoms with E-state index in [-0.39, 0.29) is 11.5 Å². The molecule has 0 saturated carbocycles. The number of rotatable bonds is 3. The van der Waals surface area contributed by atoms with Gasteiger partial charge in [-0.25, -0.2) is 9.78 Å². The molecule has 2 rings (SSSR count). The van der Waals surface area contributed by atoms with Gasteiger partial charge in [-0.05, 0) is 35.3 Å². The third-order valence-electron chi connectivity index (χ3n) is 3.43. The second-order valence-electron chi connectivity index (χ2n) is 4.93. The summed E-state index contributed by atoms with van der Waals surface area (Å²) in [5.41, 5.74) is 4.86. The lowest BCUT2D eigenvalue weighted by Gasteiger charge is -2.22. The molecule has 1 aliphatic heterocycles. The maximum atomic E-state index is 11.4. The van der Waals surface area contributed by atoms with E-state index in [0.29, 0.717) is 29.8 Å². The summed E-state index contributed by atoms with van der Waals surface area (Å²) in [4.78, 5) is 28.6. The van der Waals surface area contributed by atoms with E-state index < -0.39 is 11.4 Å². The Bertz CT molecular complexity index is 549. The second-order valence-corrected chi connectivity index (χ2v) is 5.84. The van der Waals surface area contributed by atoms with Gasteiger partial charge in [-0.3, -0.25) is 4.79 Å². The molecule has 102 valence electrons. The summed E-state index contributed by atoms with van der Waals surface area (Å²) in [5.74, 6) is -1.04. The fraction of sp³-hybridized carbons (Fsp3) is 0.417. The molecular weight excluding hydrogens is 314 g/mol. The van der Waals surface area contributed by atoms with Crippen LogP contribution in [0.25, 0.3) is 0 Å². The van der Waals surface area contributed by atoms with Gasteiger partial charge in [0.15, 0.2) is 0 Å². The van der Waals surface area contributed by atoms with Crippen LogP contribution < -0.4 is 10.6 Å². The van der Waals surface area contributed by atoms with E-state index in [1.807, 2.05) is 0 Å². The molecule has 0 radical (unpaired) electrons. The lowest BCUT2D eigenvalue weighted by molar-refractivity contribution is -0.125. The minimum absolute atomic E-state index is 0.114. The van der Waals surface area contributed by atoms with E-state index >= 15 is 0 Å². The first-order valence-corrected chi connectivity index (χ1v) is 6.56. The lowest BCUT2D eigenvalue weighted by Crippen LogP contribution is -2.37. The largest absolute Gasteiger partial charge is 0.478 e. The zero-order chi connectivity index (χ0) is 14.2. The van der Waals surface area contributed by atoms with Crippen molar-refractivity contribution in [3.8, 4) is 0 Å². The average Bonchev–Trinajstić information content (AvgIpc) is 2.73. The second kappa shape index (κ2) is 4.80. The molecule has 2 heterocycles. The normalized spacial score (nSPS) is 22.5. The minimum atomic E-state index is -1.04. The van der Waals surface area contributed by atoms with Gasteiger partial charge in [-0.15, -0.1) is 0 Å². The predicted octanol–water partition coefficient (Wildman–Crippen LogP) is 1.24. The first kappa shape index (κ1) is 13.8.